The molecule has 2 aliphatic rings. The van der Waals surface area contributed by atoms with Crippen LogP contribution in [0.15, 0.2) is 54.6 Å². The third-order valence-electron chi connectivity index (χ3n) is 5.56. The molecule has 2 nitrogen and oxygen atoms in total. The average Bonchev–Trinajstić information content (AvgIpc) is 2.72. The topological polar surface area (TPSA) is 6.48 Å². The lowest BCUT2D eigenvalue weighted by Gasteiger charge is -2.30. The summed E-state index contributed by atoms with van der Waals surface area (Å²) in [5.41, 5.74) is 4.46. The number of rotatable bonds is 1. The van der Waals surface area contributed by atoms with Gasteiger partial charge < -0.3 is 9.80 Å². The molecule has 2 aromatic carbocycles. The summed E-state index contributed by atoms with van der Waals surface area (Å²) in [5, 5.41) is 0. The van der Waals surface area contributed by atoms with Gasteiger partial charge in [-0.15, -0.1) is 0 Å². The standard InChI is InChI=1S/C20H24N2/c1-21-13-12-19-20(16-10-6-7-11-18(16)22(19)2)17(14-21)15-8-4-3-5-9-15/h3-11,17,19-20H,12-14H2,1-2H3. The van der Waals surface area contributed by atoms with E-state index in [2.05, 4.69) is 78.5 Å². The van der Waals surface area contributed by atoms with Crippen molar-refractivity contribution in [3.05, 3.63) is 65.7 Å². The van der Waals surface area contributed by atoms with Crippen LogP contribution in [0.25, 0.3) is 0 Å². The molecule has 3 unspecified atom stereocenters. The number of anilines is 1. The fourth-order valence-electron chi connectivity index (χ4n) is 4.48. The minimum absolute atomic E-state index is 0.574. The normalized spacial score (nSPS) is 28.1. The molecule has 4 rings (SSSR count). The molecule has 1 fully saturated rings. The lowest BCUT2D eigenvalue weighted by atomic mass is 9.78. The summed E-state index contributed by atoms with van der Waals surface area (Å²) in [7, 11) is 4.54. The van der Waals surface area contributed by atoms with E-state index < -0.39 is 0 Å². The van der Waals surface area contributed by atoms with Gasteiger partial charge in [0, 0.05) is 37.2 Å². The molecule has 22 heavy (non-hydrogen) atoms. The van der Waals surface area contributed by atoms with E-state index in [1.165, 1.54) is 24.2 Å². The van der Waals surface area contributed by atoms with Gasteiger partial charge in [0.1, 0.15) is 0 Å². The Hall–Kier alpha value is -1.80. The van der Waals surface area contributed by atoms with E-state index in [0.29, 0.717) is 17.9 Å². The van der Waals surface area contributed by atoms with Crippen LogP contribution >= 0.6 is 0 Å². The third kappa shape index (κ3) is 2.14. The number of hydrogen-bond acceptors (Lipinski definition) is 2. The second-order valence-corrected chi connectivity index (χ2v) is 6.83. The average molecular weight is 292 g/mol. The first-order valence-electron chi connectivity index (χ1n) is 8.31. The Morgan fingerprint density at radius 1 is 0.909 bits per heavy atom. The Morgan fingerprint density at radius 2 is 1.64 bits per heavy atom. The maximum atomic E-state index is 2.52. The van der Waals surface area contributed by atoms with E-state index in [1.54, 1.807) is 5.56 Å². The molecule has 2 aromatic rings. The van der Waals surface area contributed by atoms with E-state index in [4.69, 9.17) is 0 Å². The number of likely N-dealkylation sites (tertiary alicyclic amines) is 1. The first-order valence-corrected chi connectivity index (χ1v) is 8.31. The van der Waals surface area contributed by atoms with Gasteiger partial charge in [-0.3, -0.25) is 0 Å². The minimum Gasteiger partial charge on any atom is -0.371 e. The Morgan fingerprint density at radius 3 is 2.45 bits per heavy atom. The van der Waals surface area contributed by atoms with Gasteiger partial charge in [-0.1, -0.05) is 48.5 Å². The molecule has 2 heterocycles. The molecule has 114 valence electrons. The second-order valence-electron chi connectivity index (χ2n) is 6.83. The molecular weight excluding hydrogens is 268 g/mol. The van der Waals surface area contributed by atoms with E-state index in [-0.39, 0.29) is 0 Å². The summed E-state index contributed by atoms with van der Waals surface area (Å²) in [6, 6.07) is 20.7. The minimum atomic E-state index is 0.574. The zero-order valence-electron chi connectivity index (χ0n) is 13.4. The lowest BCUT2D eigenvalue weighted by molar-refractivity contribution is 0.327. The summed E-state index contributed by atoms with van der Waals surface area (Å²) in [6.07, 6.45) is 1.25. The Bertz CT molecular complexity index is 652. The largest absolute Gasteiger partial charge is 0.371 e. The third-order valence-corrected chi connectivity index (χ3v) is 5.56. The maximum absolute atomic E-state index is 2.52. The van der Waals surface area contributed by atoms with Crippen LogP contribution in [0.5, 0.6) is 0 Å². The van der Waals surface area contributed by atoms with Crippen LogP contribution in [-0.2, 0) is 0 Å². The van der Waals surface area contributed by atoms with Gasteiger partial charge in [-0.2, -0.15) is 0 Å². The molecule has 0 saturated carbocycles. The number of para-hydroxylation sites is 1. The molecule has 0 radical (unpaired) electrons. The fourth-order valence-corrected chi connectivity index (χ4v) is 4.48. The van der Waals surface area contributed by atoms with Crippen molar-refractivity contribution >= 4 is 5.69 Å². The molecule has 0 N–H and O–H groups in total. The van der Waals surface area contributed by atoms with Crippen molar-refractivity contribution in [1.82, 2.24) is 4.90 Å². The molecule has 0 aliphatic carbocycles. The predicted octanol–water partition coefficient (Wildman–Crippen LogP) is 3.71. The van der Waals surface area contributed by atoms with Gasteiger partial charge in [-0.05, 0) is 37.2 Å². The van der Waals surface area contributed by atoms with Crippen LogP contribution in [0.2, 0.25) is 0 Å². The Labute approximate surface area is 133 Å². The first kappa shape index (κ1) is 13.8. The number of benzene rings is 2. The van der Waals surface area contributed by atoms with Crippen LogP contribution in [-0.4, -0.2) is 38.1 Å². The number of nitrogens with zero attached hydrogens (tertiary/aromatic N) is 2. The molecule has 0 spiro atoms. The molecular formula is C20H24N2. The lowest BCUT2D eigenvalue weighted by Crippen LogP contribution is -2.32. The first-order chi connectivity index (χ1) is 10.8. The van der Waals surface area contributed by atoms with Gasteiger partial charge in [-0.25, -0.2) is 0 Å². The van der Waals surface area contributed by atoms with Gasteiger partial charge in [0.25, 0.3) is 0 Å². The maximum Gasteiger partial charge on any atom is 0.0402 e. The Balaban J connectivity index is 1.83. The molecule has 2 heteroatoms. The van der Waals surface area contributed by atoms with Crippen LogP contribution in [0.3, 0.4) is 0 Å². The van der Waals surface area contributed by atoms with Crippen molar-refractivity contribution in [3.63, 3.8) is 0 Å². The highest BCUT2D eigenvalue weighted by Gasteiger charge is 2.43. The summed E-state index contributed by atoms with van der Waals surface area (Å²) < 4.78 is 0. The van der Waals surface area contributed by atoms with Crippen LogP contribution in [0, 0.1) is 0 Å². The number of fused-ring (bicyclic) bond motifs is 3. The molecule has 3 atom stereocenters. The molecule has 1 saturated heterocycles. The van der Waals surface area contributed by atoms with Gasteiger partial charge in [0.15, 0.2) is 0 Å². The quantitative estimate of drug-likeness (QED) is 0.790. The van der Waals surface area contributed by atoms with E-state index in [9.17, 15) is 0 Å². The van der Waals surface area contributed by atoms with Crippen LogP contribution in [0.1, 0.15) is 29.4 Å². The summed E-state index contributed by atoms with van der Waals surface area (Å²) >= 11 is 0. The van der Waals surface area contributed by atoms with Gasteiger partial charge >= 0.3 is 0 Å². The molecule has 0 amide bonds. The summed E-state index contributed by atoms with van der Waals surface area (Å²) in [4.78, 5) is 5.03. The number of likely N-dealkylation sites (N-methyl/N-ethyl adjacent to an activating group) is 2. The zero-order chi connectivity index (χ0) is 15.1. The summed E-state index contributed by atoms with van der Waals surface area (Å²) in [5.74, 6) is 1.18. The van der Waals surface area contributed by atoms with Crippen molar-refractivity contribution in [2.75, 3.05) is 32.1 Å². The van der Waals surface area contributed by atoms with E-state index in [0.717, 1.165) is 6.54 Å². The van der Waals surface area contributed by atoms with E-state index in [1.807, 2.05) is 0 Å². The second kappa shape index (κ2) is 5.44. The van der Waals surface area contributed by atoms with Gasteiger partial charge in [0.2, 0.25) is 0 Å². The molecule has 0 aromatic heterocycles. The molecule has 0 bridgehead atoms. The predicted molar refractivity (Wildman–Crippen MR) is 92.7 cm³/mol. The molecule has 2 aliphatic heterocycles. The van der Waals surface area contributed by atoms with Crippen molar-refractivity contribution < 1.29 is 0 Å². The van der Waals surface area contributed by atoms with Crippen LogP contribution in [0.4, 0.5) is 5.69 Å². The van der Waals surface area contributed by atoms with Crippen molar-refractivity contribution in [3.8, 4) is 0 Å². The van der Waals surface area contributed by atoms with Crippen LogP contribution < -0.4 is 4.90 Å². The Kier molecular flexibility index (Phi) is 3.42. The summed E-state index contributed by atoms with van der Waals surface area (Å²) in [6.45, 7) is 2.33. The van der Waals surface area contributed by atoms with Crippen molar-refractivity contribution in [1.29, 1.82) is 0 Å². The zero-order valence-corrected chi connectivity index (χ0v) is 13.4. The monoisotopic (exact) mass is 292 g/mol. The van der Waals surface area contributed by atoms with Crippen molar-refractivity contribution in [2.45, 2.75) is 24.3 Å². The van der Waals surface area contributed by atoms with E-state index >= 15 is 0 Å². The van der Waals surface area contributed by atoms with Gasteiger partial charge in [0.05, 0.1) is 0 Å². The highest BCUT2D eigenvalue weighted by Crippen LogP contribution is 2.49. The smallest absolute Gasteiger partial charge is 0.0402 e. The highest BCUT2D eigenvalue weighted by molar-refractivity contribution is 5.62. The van der Waals surface area contributed by atoms with Crippen molar-refractivity contribution in [2.24, 2.45) is 0 Å². The SMILES string of the molecule is CN1CCC2C(c3ccccc3N2C)C(c2ccccc2)C1. The number of hydrogen-bond donors (Lipinski definition) is 0. The fraction of sp³-hybridized carbons (Fsp3) is 0.400. The highest BCUT2D eigenvalue weighted by atomic mass is 15.2.